The van der Waals surface area contributed by atoms with E-state index in [4.69, 9.17) is 9.47 Å². The van der Waals surface area contributed by atoms with Crippen molar-refractivity contribution in [1.29, 1.82) is 0 Å². The Kier molecular flexibility index (Phi) is 22.8. The topological polar surface area (TPSA) is 64.6 Å². The molecule has 0 atom stereocenters. The van der Waals surface area contributed by atoms with Crippen LogP contribution in [0.5, 0.6) is 11.5 Å². The van der Waals surface area contributed by atoms with Gasteiger partial charge < -0.3 is 14.8 Å². The Morgan fingerprint density at radius 1 is 0.756 bits per heavy atom. The predicted octanol–water partition coefficient (Wildman–Crippen LogP) is 10.3. The lowest BCUT2D eigenvalue weighted by Crippen LogP contribution is -2.22. The van der Waals surface area contributed by atoms with Gasteiger partial charge in [-0.3, -0.25) is 9.59 Å². The lowest BCUT2D eigenvalue weighted by Gasteiger charge is -2.12. The van der Waals surface area contributed by atoms with Gasteiger partial charge in [-0.2, -0.15) is 0 Å². The SMILES string of the molecule is CCCCCCCCCCCCCCCCCC(=O)Oc1ccc(CNC(=O)CCCC/C=C/C(C)C)cc1OC. The van der Waals surface area contributed by atoms with E-state index in [1.165, 1.54) is 83.5 Å². The third-order valence-electron chi connectivity index (χ3n) is 7.47. The van der Waals surface area contributed by atoms with Gasteiger partial charge in [-0.25, -0.2) is 0 Å². The number of hydrogen-bond acceptors (Lipinski definition) is 4. The minimum atomic E-state index is -0.220. The fourth-order valence-electron chi connectivity index (χ4n) is 4.93. The number of carbonyl (C=O) groups excluding carboxylic acids is 2. The standard InChI is InChI=1S/C36H61NO4/c1-5-6-7-8-9-10-11-12-13-14-15-16-17-18-23-26-36(39)41-33-28-27-32(29-34(33)40-4)30-37-35(38)25-22-20-19-21-24-31(2)3/h21,24,27-29,31H,5-20,22-23,25-26,30H2,1-4H3,(H,37,38)/b24-21+. The lowest BCUT2D eigenvalue weighted by atomic mass is 10.0. The molecule has 0 bridgehead atoms. The van der Waals surface area contributed by atoms with Crippen molar-refractivity contribution in [2.24, 2.45) is 5.92 Å². The Labute approximate surface area is 252 Å². The first-order valence-electron chi connectivity index (χ1n) is 16.8. The average Bonchev–Trinajstić information content (AvgIpc) is 2.96. The van der Waals surface area contributed by atoms with E-state index < -0.39 is 0 Å². The van der Waals surface area contributed by atoms with Crippen LogP contribution in [0, 0.1) is 5.92 Å². The van der Waals surface area contributed by atoms with E-state index >= 15 is 0 Å². The molecular weight excluding hydrogens is 510 g/mol. The number of allylic oxidation sites excluding steroid dienone is 2. The quantitative estimate of drug-likeness (QED) is 0.0520. The van der Waals surface area contributed by atoms with E-state index in [0.29, 0.717) is 36.8 Å². The largest absolute Gasteiger partial charge is 0.493 e. The van der Waals surface area contributed by atoms with E-state index in [1.54, 1.807) is 13.2 Å². The Morgan fingerprint density at radius 3 is 1.88 bits per heavy atom. The number of methoxy groups -OCH3 is 1. The molecule has 5 heteroatoms. The van der Waals surface area contributed by atoms with E-state index in [9.17, 15) is 9.59 Å². The van der Waals surface area contributed by atoms with Crippen molar-refractivity contribution in [3.8, 4) is 11.5 Å². The number of nitrogens with one attached hydrogen (secondary N) is 1. The van der Waals surface area contributed by atoms with Crippen molar-refractivity contribution in [2.45, 2.75) is 156 Å². The van der Waals surface area contributed by atoms with Crippen LogP contribution in [0.25, 0.3) is 0 Å². The Bertz CT molecular complexity index is 833. The Morgan fingerprint density at radius 2 is 1.32 bits per heavy atom. The van der Waals surface area contributed by atoms with Crippen LogP contribution in [0.4, 0.5) is 0 Å². The molecule has 0 fully saturated rings. The predicted molar refractivity (Wildman–Crippen MR) is 172 cm³/mol. The molecule has 0 saturated heterocycles. The van der Waals surface area contributed by atoms with Gasteiger partial charge in [0.25, 0.3) is 0 Å². The van der Waals surface area contributed by atoms with Gasteiger partial charge in [-0.15, -0.1) is 0 Å². The second-order valence-electron chi connectivity index (χ2n) is 11.9. The fraction of sp³-hybridized carbons (Fsp3) is 0.722. The molecule has 1 rings (SSSR count). The van der Waals surface area contributed by atoms with Crippen LogP contribution in [0.2, 0.25) is 0 Å². The number of rotatable bonds is 26. The lowest BCUT2D eigenvalue weighted by molar-refractivity contribution is -0.134. The molecule has 0 aromatic heterocycles. The summed E-state index contributed by atoms with van der Waals surface area (Å²) in [4.78, 5) is 24.6. The molecule has 234 valence electrons. The van der Waals surface area contributed by atoms with Gasteiger partial charge in [0.05, 0.1) is 7.11 Å². The first-order chi connectivity index (χ1) is 20.0. The molecule has 5 nitrogen and oxygen atoms in total. The highest BCUT2D eigenvalue weighted by atomic mass is 16.6. The molecule has 0 aliphatic heterocycles. The van der Waals surface area contributed by atoms with Crippen molar-refractivity contribution < 1.29 is 19.1 Å². The van der Waals surface area contributed by atoms with E-state index in [2.05, 4.69) is 38.2 Å². The van der Waals surface area contributed by atoms with Crippen LogP contribution >= 0.6 is 0 Å². The summed E-state index contributed by atoms with van der Waals surface area (Å²) in [6, 6.07) is 5.45. The van der Waals surface area contributed by atoms with Crippen LogP contribution in [-0.2, 0) is 16.1 Å². The van der Waals surface area contributed by atoms with Crippen molar-refractivity contribution in [3.05, 3.63) is 35.9 Å². The number of ether oxygens (including phenoxy) is 2. The molecule has 1 amide bonds. The van der Waals surface area contributed by atoms with Gasteiger partial charge in [-0.05, 0) is 49.3 Å². The second kappa shape index (κ2) is 25.4. The zero-order chi connectivity index (χ0) is 30.0. The van der Waals surface area contributed by atoms with Crippen molar-refractivity contribution >= 4 is 11.9 Å². The molecule has 0 spiro atoms. The average molecular weight is 572 g/mol. The Hall–Kier alpha value is -2.30. The molecule has 0 aliphatic rings. The zero-order valence-electron chi connectivity index (χ0n) is 26.9. The van der Waals surface area contributed by atoms with E-state index in [0.717, 1.165) is 37.7 Å². The maximum absolute atomic E-state index is 12.4. The van der Waals surface area contributed by atoms with Gasteiger partial charge in [0.1, 0.15) is 0 Å². The van der Waals surface area contributed by atoms with Crippen molar-refractivity contribution in [1.82, 2.24) is 5.32 Å². The number of benzene rings is 1. The van der Waals surface area contributed by atoms with Crippen LogP contribution in [-0.4, -0.2) is 19.0 Å². The molecule has 0 saturated carbocycles. The summed E-state index contributed by atoms with van der Waals surface area (Å²) in [5, 5.41) is 2.97. The first kappa shape index (κ1) is 36.7. The summed E-state index contributed by atoms with van der Waals surface area (Å²) in [5.41, 5.74) is 0.914. The van der Waals surface area contributed by atoms with Crippen LogP contribution in [0.15, 0.2) is 30.4 Å². The monoisotopic (exact) mass is 571 g/mol. The maximum atomic E-state index is 12.4. The molecule has 1 N–H and O–H groups in total. The highest BCUT2D eigenvalue weighted by molar-refractivity contribution is 5.76. The first-order valence-corrected chi connectivity index (χ1v) is 16.8. The summed E-state index contributed by atoms with van der Waals surface area (Å²) in [6.45, 7) is 7.03. The van der Waals surface area contributed by atoms with Crippen LogP contribution < -0.4 is 14.8 Å². The fourth-order valence-corrected chi connectivity index (χ4v) is 4.93. The third-order valence-corrected chi connectivity index (χ3v) is 7.47. The van der Waals surface area contributed by atoms with Crippen LogP contribution in [0.3, 0.4) is 0 Å². The summed E-state index contributed by atoms with van der Waals surface area (Å²) in [5.74, 6) is 1.35. The number of carbonyl (C=O) groups is 2. The third kappa shape index (κ3) is 21.1. The van der Waals surface area contributed by atoms with Gasteiger partial charge in [0.2, 0.25) is 5.91 Å². The summed E-state index contributed by atoms with van der Waals surface area (Å²) < 4.78 is 11.0. The summed E-state index contributed by atoms with van der Waals surface area (Å²) >= 11 is 0. The summed E-state index contributed by atoms with van der Waals surface area (Å²) in [6.07, 6.45) is 27.8. The molecule has 0 unspecified atom stereocenters. The maximum Gasteiger partial charge on any atom is 0.311 e. The van der Waals surface area contributed by atoms with Gasteiger partial charge in [0.15, 0.2) is 11.5 Å². The smallest absolute Gasteiger partial charge is 0.311 e. The van der Waals surface area contributed by atoms with Crippen LogP contribution in [0.1, 0.15) is 155 Å². The molecule has 0 radical (unpaired) electrons. The molecule has 0 aliphatic carbocycles. The zero-order valence-corrected chi connectivity index (χ0v) is 26.9. The number of hydrogen-bond donors (Lipinski definition) is 1. The van der Waals surface area contributed by atoms with E-state index in [-0.39, 0.29) is 11.9 Å². The Balaban J connectivity index is 2.13. The minimum Gasteiger partial charge on any atom is -0.493 e. The van der Waals surface area contributed by atoms with Gasteiger partial charge in [0, 0.05) is 19.4 Å². The molecule has 1 aromatic carbocycles. The second-order valence-corrected chi connectivity index (χ2v) is 11.9. The minimum absolute atomic E-state index is 0.0517. The van der Waals surface area contributed by atoms with E-state index in [1.807, 2.05) is 12.1 Å². The molecule has 41 heavy (non-hydrogen) atoms. The summed E-state index contributed by atoms with van der Waals surface area (Å²) in [7, 11) is 1.57. The number of unbranched alkanes of at least 4 members (excludes halogenated alkanes) is 16. The molecule has 0 heterocycles. The van der Waals surface area contributed by atoms with Crippen molar-refractivity contribution in [3.63, 3.8) is 0 Å². The number of esters is 1. The highest BCUT2D eigenvalue weighted by Crippen LogP contribution is 2.28. The number of amides is 1. The van der Waals surface area contributed by atoms with Crippen molar-refractivity contribution in [2.75, 3.05) is 7.11 Å². The normalized spacial score (nSPS) is 11.3. The molecular formula is C36H61NO4. The van der Waals surface area contributed by atoms with Gasteiger partial charge >= 0.3 is 5.97 Å². The van der Waals surface area contributed by atoms with Gasteiger partial charge in [-0.1, -0.05) is 129 Å². The molecule has 1 aromatic rings. The highest BCUT2D eigenvalue weighted by Gasteiger charge is 2.11.